The molecule has 1 aliphatic rings. The summed E-state index contributed by atoms with van der Waals surface area (Å²) in [5.41, 5.74) is 10.5. The van der Waals surface area contributed by atoms with Gasteiger partial charge in [-0.1, -0.05) is 17.7 Å². The summed E-state index contributed by atoms with van der Waals surface area (Å²) in [5.74, 6) is -0.111. The molecule has 0 saturated carbocycles. The van der Waals surface area contributed by atoms with E-state index in [9.17, 15) is 9.90 Å². The van der Waals surface area contributed by atoms with Gasteiger partial charge < -0.3 is 21.1 Å². The highest BCUT2D eigenvalue weighted by Gasteiger charge is 2.26. The number of amides is 1. The number of hydrogen-bond acceptors (Lipinski definition) is 4. The molecule has 28 heavy (non-hydrogen) atoms. The van der Waals surface area contributed by atoms with Crippen molar-refractivity contribution in [2.75, 3.05) is 13.1 Å². The molecular formula is C20H22Cl2N4O2. The molecule has 2 aromatic carbocycles. The maximum absolute atomic E-state index is 12.3. The van der Waals surface area contributed by atoms with Gasteiger partial charge in [-0.25, -0.2) is 0 Å². The van der Waals surface area contributed by atoms with Gasteiger partial charge in [-0.3, -0.25) is 10.1 Å². The lowest BCUT2D eigenvalue weighted by Crippen LogP contribution is -2.25. The Kier molecular flexibility index (Phi) is 6.27. The lowest BCUT2D eigenvalue weighted by Gasteiger charge is -2.11. The number of H-pyrrole nitrogens is 1. The van der Waals surface area contributed by atoms with Gasteiger partial charge in [-0.15, -0.1) is 12.4 Å². The number of rotatable bonds is 5. The van der Waals surface area contributed by atoms with Crippen LogP contribution in [0.4, 0.5) is 0 Å². The maximum atomic E-state index is 12.3. The molecule has 0 spiro atoms. The minimum Gasteiger partial charge on any atom is -0.374 e. The molecule has 8 heteroatoms. The van der Waals surface area contributed by atoms with Crippen LogP contribution in [0, 0.1) is 0 Å². The van der Waals surface area contributed by atoms with Crippen molar-refractivity contribution in [1.29, 1.82) is 0 Å². The fraction of sp³-hybridized carbons (Fsp3) is 0.250. The van der Waals surface area contributed by atoms with Crippen LogP contribution in [0.5, 0.6) is 0 Å². The first kappa shape index (κ1) is 20.6. The fourth-order valence-corrected chi connectivity index (χ4v) is 3.72. The molecule has 4 rings (SSSR count). The zero-order chi connectivity index (χ0) is 19.0. The monoisotopic (exact) mass is 420 g/mol. The normalized spacial score (nSPS) is 15.3. The topological polar surface area (TPSA) is 103 Å². The molecular weight excluding hydrogens is 399 g/mol. The predicted molar refractivity (Wildman–Crippen MR) is 114 cm³/mol. The summed E-state index contributed by atoms with van der Waals surface area (Å²) >= 11 is 6.27. The Hall–Kier alpha value is -2.09. The summed E-state index contributed by atoms with van der Waals surface area (Å²) in [4.78, 5) is 15.6. The van der Waals surface area contributed by atoms with Gasteiger partial charge in [-0.2, -0.15) is 0 Å². The van der Waals surface area contributed by atoms with Crippen LogP contribution in [-0.2, 0) is 6.54 Å². The Morgan fingerprint density at radius 3 is 2.89 bits per heavy atom. The van der Waals surface area contributed by atoms with Crippen LogP contribution >= 0.6 is 24.0 Å². The fourth-order valence-electron chi connectivity index (χ4n) is 3.49. The first-order valence-corrected chi connectivity index (χ1v) is 9.30. The standard InChI is InChI=1S/C20H21ClN4O2.ClH/c21-15-4-3-13(18-14(15)10-24-20(18)27)17-9-12-8-11(2-5-16(12)25-17)19(26)23-7-1-6-22;/h2-5,8-9,20,24-25,27H,1,6-7,10,22H2,(H,23,26);1H. The van der Waals surface area contributed by atoms with Gasteiger partial charge in [-0.05, 0) is 48.9 Å². The molecule has 1 aromatic heterocycles. The molecule has 2 heterocycles. The zero-order valence-corrected chi connectivity index (χ0v) is 16.7. The van der Waals surface area contributed by atoms with Crippen LogP contribution in [0.2, 0.25) is 5.02 Å². The average Bonchev–Trinajstić information content (AvgIpc) is 3.26. The van der Waals surface area contributed by atoms with Crippen LogP contribution in [0.1, 0.15) is 34.1 Å². The van der Waals surface area contributed by atoms with Gasteiger partial charge in [0.25, 0.3) is 5.91 Å². The number of carbonyl (C=O) groups excluding carboxylic acids is 1. The third kappa shape index (κ3) is 3.74. The third-order valence-corrected chi connectivity index (χ3v) is 5.24. The maximum Gasteiger partial charge on any atom is 0.251 e. The molecule has 1 unspecified atom stereocenters. The van der Waals surface area contributed by atoms with E-state index in [1.807, 2.05) is 30.3 Å². The smallest absolute Gasteiger partial charge is 0.251 e. The number of benzene rings is 2. The van der Waals surface area contributed by atoms with Crippen molar-refractivity contribution < 1.29 is 9.90 Å². The second-order valence-electron chi connectivity index (χ2n) is 6.65. The van der Waals surface area contributed by atoms with E-state index in [4.69, 9.17) is 17.3 Å². The summed E-state index contributed by atoms with van der Waals surface area (Å²) in [6.07, 6.45) is 0.00402. The average molecular weight is 421 g/mol. The summed E-state index contributed by atoms with van der Waals surface area (Å²) < 4.78 is 0. The molecule has 0 saturated heterocycles. The molecule has 3 aromatic rings. The number of hydrogen-bond donors (Lipinski definition) is 5. The van der Waals surface area contributed by atoms with Crippen LogP contribution < -0.4 is 16.4 Å². The van der Waals surface area contributed by atoms with Crippen molar-refractivity contribution in [2.45, 2.75) is 19.2 Å². The molecule has 0 fully saturated rings. The van der Waals surface area contributed by atoms with Crippen LogP contribution in [0.15, 0.2) is 36.4 Å². The Labute approximate surface area is 173 Å². The molecule has 1 aliphatic heterocycles. The van der Waals surface area contributed by atoms with Crippen LogP contribution in [0.25, 0.3) is 22.2 Å². The van der Waals surface area contributed by atoms with E-state index in [0.717, 1.165) is 39.7 Å². The second kappa shape index (κ2) is 8.51. The minimum absolute atomic E-state index is 0. The highest BCUT2D eigenvalue weighted by atomic mass is 35.5. The molecule has 148 valence electrons. The van der Waals surface area contributed by atoms with Gasteiger partial charge in [0.1, 0.15) is 6.23 Å². The van der Waals surface area contributed by atoms with E-state index in [-0.39, 0.29) is 18.3 Å². The lowest BCUT2D eigenvalue weighted by atomic mass is 10.00. The first-order chi connectivity index (χ1) is 13.1. The van der Waals surface area contributed by atoms with Crippen molar-refractivity contribution in [3.05, 3.63) is 58.1 Å². The summed E-state index contributed by atoms with van der Waals surface area (Å²) in [7, 11) is 0. The molecule has 1 atom stereocenters. The number of nitrogens with two attached hydrogens (primary N) is 1. The number of fused-ring (bicyclic) bond motifs is 2. The van der Waals surface area contributed by atoms with Crippen molar-refractivity contribution in [3.8, 4) is 11.3 Å². The highest BCUT2D eigenvalue weighted by molar-refractivity contribution is 6.31. The van der Waals surface area contributed by atoms with Crippen molar-refractivity contribution in [3.63, 3.8) is 0 Å². The Morgan fingerprint density at radius 2 is 2.11 bits per heavy atom. The van der Waals surface area contributed by atoms with Crippen molar-refractivity contribution in [2.24, 2.45) is 5.73 Å². The van der Waals surface area contributed by atoms with Gasteiger partial charge in [0.05, 0.1) is 0 Å². The van der Waals surface area contributed by atoms with Gasteiger partial charge in [0.15, 0.2) is 0 Å². The quantitative estimate of drug-likeness (QED) is 0.409. The highest BCUT2D eigenvalue weighted by Crippen LogP contribution is 2.38. The molecule has 0 aliphatic carbocycles. The zero-order valence-electron chi connectivity index (χ0n) is 15.1. The molecule has 0 radical (unpaired) electrons. The lowest BCUT2D eigenvalue weighted by molar-refractivity contribution is 0.0953. The van der Waals surface area contributed by atoms with Crippen LogP contribution in [-0.4, -0.2) is 29.1 Å². The predicted octanol–water partition coefficient (Wildman–Crippen LogP) is 3.08. The number of aromatic nitrogens is 1. The SMILES string of the molecule is Cl.NCCCNC(=O)c1ccc2[nH]c(-c3ccc(Cl)c4c3C(O)NC4)cc2c1. The minimum atomic E-state index is -0.746. The van der Waals surface area contributed by atoms with Gasteiger partial charge in [0.2, 0.25) is 0 Å². The Morgan fingerprint density at radius 1 is 1.29 bits per heavy atom. The second-order valence-corrected chi connectivity index (χ2v) is 7.06. The first-order valence-electron chi connectivity index (χ1n) is 8.92. The number of aliphatic hydroxyl groups is 1. The van der Waals surface area contributed by atoms with Crippen molar-refractivity contribution >= 4 is 40.8 Å². The number of aromatic amines is 1. The summed E-state index contributed by atoms with van der Waals surface area (Å²) in [6, 6.07) is 11.3. The Balaban J connectivity index is 0.00000225. The van der Waals surface area contributed by atoms with E-state index in [0.29, 0.717) is 30.2 Å². The number of halogens is 2. The summed E-state index contributed by atoms with van der Waals surface area (Å²) in [5, 5.41) is 17.7. The molecule has 6 nitrogen and oxygen atoms in total. The van der Waals surface area contributed by atoms with Gasteiger partial charge in [0, 0.05) is 51.4 Å². The number of nitrogens with one attached hydrogen (secondary N) is 3. The van der Waals surface area contributed by atoms with E-state index in [2.05, 4.69) is 15.6 Å². The molecule has 6 N–H and O–H groups in total. The van der Waals surface area contributed by atoms with Crippen molar-refractivity contribution in [1.82, 2.24) is 15.6 Å². The van der Waals surface area contributed by atoms with E-state index in [1.165, 1.54) is 0 Å². The van der Waals surface area contributed by atoms with Gasteiger partial charge >= 0.3 is 0 Å². The van der Waals surface area contributed by atoms with E-state index < -0.39 is 6.23 Å². The van der Waals surface area contributed by atoms with E-state index in [1.54, 1.807) is 6.07 Å². The number of carbonyl (C=O) groups is 1. The third-order valence-electron chi connectivity index (χ3n) is 4.89. The number of aliphatic hydroxyl groups excluding tert-OH is 1. The largest absolute Gasteiger partial charge is 0.374 e. The Bertz CT molecular complexity index is 1020. The van der Waals surface area contributed by atoms with E-state index >= 15 is 0 Å². The molecule has 1 amide bonds. The van der Waals surface area contributed by atoms with Crippen LogP contribution in [0.3, 0.4) is 0 Å². The summed E-state index contributed by atoms with van der Waals surface area (Å²) in [6.45, 7) is 1.65. The molecule has 0 bridgehead atoms.